The third-order valence-corrected chi connectivity index (χ3v) is 3.93. The molecule has 1 heterocycles. The second-order valence-electron chi connectivity index (χ2n) is 5.67. The van der Waals surface area contributed by atoms with Gasteiger partial charge in [0.25, 0.3) is 0 Å². The summed E-state index contributed by atoms with van der Waals surface area (Å²) in [4.78, 5) is 9.18. The fourth-order valence-corrected chi connectivity index (χ4v) is 2.59. The first-order chi connectivity index (χ1) is 11.8. The molecule has 3 rings (SSSR count). The third-order valence-electron chi connectivity index (χ3n) is 3.93. The molecule has 1 aromatic heterocycles. The van der Waals surface area contributed by atoms with Crippen molar-refractivity contribution in [1.82, 2.24) is 9.55 Å². The highest BCUT2D eigenvalue weighted by atomic mass is 16.5. The molecule has 0 radical (unpaired) electrons. The van der Waals surface area contributed by atoms with Crippen LogP contribution in [-0.2, 0) is 6.54 Å². The van der Waals surface area contributed by atoms with Crippen LogP contribution >= 0.6 is 0 Å². The maximum absolute atomic E-state index is 5.68. The van der Waals surface area contributed by atoms with Crippen molar-refractivity contribution in [3.05, 3.63) is 54.1 Å². The van der Waals surface area contributed by atoms with Crippen molar-refractivity contribution < 1.29 is 4.74 Å². The van der Waals surface area contributed by atoms with Gasteiger partial charge in [0.2, 0.25) is 5.95 Å². The number of aryl methyl sites for hydroxylation is 1. The number of aromatic nitrogens is 2. The van der Waals surface area contributed by atoms with Crippen LogP contribution in [-0.4, -0.2) is 22.4 Å². The summed E-state index contributed by atoms with van der Waals surface area (Å²) < 4.78 is 7.80. The average Bonchev–Trinajstić information content (AvgIpc) is 2.99. The maximum atomic E-state index is 5.68. The number of nitrogens with zero attached hydrogens (tertiary/aromatic N) is 3. The molecule has 2 aromatic carbocycles. The zero-order valence-corrected chi connectivity index (χ0v) is 14.3. The Kier molecular flexibility index (Phi) is 5.26. The first-order valence-electron chi connectivity index (χ1n) is 8.54. The van der Waals surface area contributed by atoms with Gasteiger partial charge in [-0.3, -0.25) is 0 Å². The van der Waals surface area contributed by atoms with Gasteiger partial charge >= 0.3 is 0 Å². The number of hydrogen-bond donors (Lipinski definition) is 0. The Morgan fingerprint density at radius 2 is 1.88 bits per heavy atom. The number of para-hydroxylation sites is 2. The van der Waals surface area contributed by atoms with Crippen LogP contribution in [0.5, 0.6) is 5.75 Å². The van der Waals surface area contributed by atoms with Crippen LogP contribution in [0.15, 0.2) is 53.5 Å². The Bertz CT molecular complexity index is 819. The molecule has 24 heavy (non-hydrogen) atoms. The largest absolute Gasteiger partial charge is 0.494 e. The number of hydrogen-bond acceptors (Lipinski definition) is 3. The van der Waals surface area contributed by atoms with E-state index < -0.39 is 0 Å². The van der Waals surface area contributed by atoms with Crippen LogP contribution in [0.2, 0.25) is 0 Å². The van der Waals surface area contributed by atoms with Crippen molar-refractivity contribution in [3.8, 4) is 5.75 Å². The van der Waals surface area contributed by atoms with Gasteiger partial charge in [0, 0.05) is 12.8 Å². The quantitative estimate of drug-likeness (QED) is 0.454. The van der Waals surface area contributed by atoms with E-state index in [1.165, 1.54) is 0 Å². The van der Waals surface area contributed by atoms with Crippen molar-refractivity contribution >= 4 is 23.2 Å². The molecule has 0 amide bonds. The van der Waals surface area contributed by atoms with Crippen molar-refractivity contribution in [2.24, 2.45) is 4.99 Å². The molecule has 124 valence electrons. The molecule has 3 aromatic rings. The molecule has 0 bridgehead atoms. The van der Waals surface area contributed by atoms with Gasteiger partial charge in [-0.25, -0.2) is 9.98 Å². The van der Waals surface area contributed by atoms with Gasteiger partial charge in [0.15, 0.2) is 0 Å². The van der Waals surface area contributed by atoms with Crippen LogP contribution in [0.1, 0.15) is 32.3 Å². The number of ether oxygens (including phenoxy) is 1. The monoisotopic (exact) mass is 321 g/mol. The fourth-order valence-electron chi connectivity index (χ4n) is 2.59. The van der Waals surface area contributed by atoms with Gasteiger partial charge in [0.1, 0.15) is 5.75 Å². The average molecular weight is 321 g/mol. The molecule has 0 saturated heterocycles. The summed E-state index contributed by atoms with van der Waals surface area (Å²) in [7, 11) is 0. The van der Waals surface area contributed by atoms with Gasteiger partial charge in [-0.15, -0.1) is 0 Å². The molecule has 0 unspecified atom stereocenters. The summed E-state index contributed by atoms with van der Waals surface area (Å²) in [6.45, 7) is 5.88. The summed E-state index contributed by atoms with van der Waals surface area (Å²) in [5, 5.41) is 0. The van der Waals surface area contributed by atoms with Crippen molar-refractivity contribution in [2.45, 2.75) is 33.2 Å². The minimum Gasteiger partial charge on any atom is -0.494 e. The van der Waals surface area contributed by atoms with Crippen molar-refractivity contribution in [3.63, 3.8) is 0 Å². The molecule has 0 aliphatic heterocycles. The van der Waals surface area contributed by atoms with Crippen LogP contribution in [0.3, 0.4) is 0 Å². The molecular weight excluding hydrogens is 298 g/mol. The number of rotatable bonds is 7. The molecule has 0 spiro atoms. The summed E-state index contributed by atoms with van der Waals surface area (Å²) in [5.74, 6) is 1.64. The standard InChI is InChI=1S/C20H23N3O/c1-3-5-14-24-17-12-10-16(11-13-17)15-21-20-22-18-8-6-7-9-19(18)23(20)4-2/h6-13,15H,3-5,14H2,1-2H3/b21-15+. The number of imidazole rings is 1. The summed E-state index contributed by atoms with van der Waals surface area (Å²) >= 11 is 0. The molecule has 4 nitrogen and oxygen atoms in total. The number of fused-ring (bicyclic) bond motifs is 1. The minimum absolute atomic E-state index is 0.738. The molecular formula is C20H23N3O. The number of benzene rings is 2. The van der Waals surface area contributed by atoms with Gasteiger partial charge in [-0.2, -0.15) is 0 Å². The van der Waals surface area contributed by atoms with Crippen molar-refractivity contribution in [1.29, 1.82) is 0 Å². The van der Waals surface area contributed by atoms with Crippen LogP contribution in [0, 0.1) is 0 Å². The van der Waals surface area contributed by atoms with E-state index in [1.807, 2.05) is 48.7 Å². The molecule has 0 fully saturated rings. The maximum Gasteiger partial charge on any atom is 0.230 e. The van der Waals surface area contributed by atoms with Crippen LogP contribution < -0.4 is 4.74 Å². The van der Waals surface area contributed by atoms with Crippen LogP contribution in [0.4, 0.5) is 5.95 Å². The summed E-state index contributed by atoms with van der Waals surface area (Å²) in [5.41, 5.74) is 3.13. The second kappa shape index (κ2) is 7.77. The Morgan fingerprint density at radius 3 is 2.62 bits per heavy atom. The fraction of sp³-hybridized carbons (Fsp3) is 0.300. The van der Waals surface area contributed by atoms with E-state index in [-0.39, 0.29) is 0 Å². The highest BCUT2D eigenvalue weighted by Crippen LogP contribution is 2.21. The lowest BCUT2D eigenvalue weighted by Gasteiger charge is -2.05. The van der Waals surface area contributed by atoms with E-state index in [4.69, 9.17) is 4.74 Å². The van der Waals surface area contributed by atoms with Gasteiger partial charge in [-0.05, 0) is 55.3 Å². The lowest BCUT2D eigenvalue weighted by atomic mass is 10.2. The number of aliphatic imine (C=N–C) groups is 1. The Labute approximate surface area is 142 Å². The Hall–Kier alpha value is -2.62. The summed E-state index contributed by atoms with van der Waals surface area (Å²) in [6, 6.07) is 16.1. The highest BCUT2D eigenvalue weighted by Gasteiger charge is 2.06. The van der Waals surface area contributed by atoms with Gasteiger partial charge in [-0.1, -0.05) is 25.5 Å². The van der Waals surface area contributed by atoms with E-state index in [1.54, 1.807) is 0 Å². The normalized spacial score (nSPS) is 11.4. The molecule has 0 N–H and O–H groups in total. The molecule has 0 atom stereocenters. The predicted octanol–water partition coefficient (Wildman–Crippen LogP) is 4.99. The highest BCUT2D eigenvalue weighted by molar-refractivity contribution is 5.83. The predicted molar refractivity (Wildman–Crippen MR) is 99.5 cm³/mol. The smallest absolute Gasteiger partial charge is 0.230 e. The molecule has 4 heteroatoms. The lowest BCUT2D eigenvalue weighted by molar-refractivity contribution is 0.309. The zero-order chi connectivity index (χ0) is 16.8. The van der Waals surface area contributed by atoms with Crippen LogP contribution in [0.25, 0.3) is 11.0 Å². The lowest BCUT2D eigenvalue weighted by Crippen LogP contribution is -1.96. The third kappa shape index (κ3) is 3.65. The first kappa shape index (κ1) is 16.2. The molecule has 0 saturated carbocycles. The molecule has 0 aliphatic carbocycles. The van der Waals surface area contributed by atoms with E-state index >= 15 is 0 Å². The van der Waals surface area contributed by atoms with E-state index in [0.29, 0.717) is 0 Å². The van der Waals surface area contributed by atoms with E-state index in [9.17, 15) is 0 Å². The number of unbranched alkanes of at least 4 members (excludes halogenated alkanes) is 1. The Balaban J connectivity index is 1.76. The van der Waals surface area contributed by atoms with E-state index in [0.717, 1.165) is 54.3 Å². The second-order valence-corrected chi connectivity index (χ2v) is 5.67. The molecule has 0 aliphatic rings. The van der Waals surface area contributed by atoms with Gasteiger partial charge in [0.05, 0.1) is 17.6 Å². The zero-order valence-electron chi connectivity index (χ0n) is 14.3. The SMILES string of the molecule is CCCCOc1ccc(/C=N/c2nc3ccccc3n2CC)cc1. The Morgan fingerprint density at radius 1 is 1.08 bits per heavy atom. The van der Waals surface area contributed by atoms with Crippen molar-refractivity contribution in [2.75, 3.05) is 6.61 Å². The summed E-state index contributed by atoms with van der Waals surface area (Å²) in [6.07, 6.45) is 4.07. The first-order valence-corrected chi connectivity index (χ1v) is 8.54. The topological polar surface area (TPSA) is 39.4 Å². The van der Waals surface area contributed by atoms with E-state index in [2.05, 4.69) is 34.5 Å². The minimum atomic E-state index is 0.738. The van der Waals surface area contributed by atoms with Gasteiger partial charge < -0.3 is 9.30 Å².